The molecule has 1 aliphatic rings. The maximum absolute atomic E-state index is 14.5. The van der Waals surface area contributed by atoms with Crippen molar-refractivity contribution in [2.75, 3.05) is 18.1 Å². The predicted molar refractivity (Wildman–Crippen MR) is 118 cm³/mol. The van der Waals surface area contributed by atoms with E-state index in [0.29, 0.717) is 22.4 Å². The standard InChI is InChI=1S/C21H17ClF2NO4PS/c1-2-25(18-11-14(23)5-6-17(18)24)21(26)20(30(27)28-8-3-9-29-30)16-12-31-19-7-4-13(22)10-15(16)19/h2,4-7,10-12,20H,1,3,8-9H2. The van der Waals surface area contributed by atoms with Crippen LogP contribution in [-0.4, -0.2) is 19.1 Å². The molecular formula is C21H17ClF2NO4PS. The highest BCUT2D eigenvalue weighted by molar-refractivity contribution is 7.55. The summed E-state index contributed by atoms with van der Waals surface area (Å²) in [6.45, 7) is 3.85. The normalized spacial score (nSPS) is 16.7. The Balaban J connectivity index is 1.88. The van der Waals surface area contributed by atoms with Crippen LogP contribution in [0.3, 0.4) is 0 Å². The van der Waals surface area contributed by atoms with Gasteiger partial charge in [-0.3, -0.25) is 14.3 Å². The first-order valence-corrected chi connectivity index (χ1v) is 12.2. The number of nitrogens with zero attached hydrogens (tertiary/aromatic N) is 1. The molecule has 0 radical (unpaired) electrons. The minimum atomic E-state index is -3.99. The van der Waals surface area contributed by atoms with Crippen LogP contribution < -0.4 is 4.90 Å². The highest BCUT2D eigenvalue weighted by atomic mass is 35.5. The fourth-order valence-corrected chi connectivity index (χ4v) is 6.74. The molecule has 162 valence electrons. The lowest BCUT2D eigenvalue weighted by atomic mass is 10.1. The topological polar surface area (TPSA) is 55.8 Å². The van der Waals surface area contributed by atoms with E-state index in [0.717, 1.165) is 34.0 Å². The Labute approximate surface area is 186 Å². The number of fused-ring (bicyclic) bond motifs is 1. The minimum Gasteiger partial charge on any atom is -0.308 e. The van der Waals surface area contributed by atoms with E-state index in [2.05, 4.69) is 6.58 Å². The Kier molecular flexibility index (Phi) is 6.28. The Morgan fingerprint density at radius 2 is 1.97 bits per heavy atom. The van der Waals surface area contributed by atoms with E-state index in [1.807, 2.05) is 0 Å². The number of rotatable bonds is 5. The second-order valence-electron chi connectivity index (χ2n) is 6.78. The smallest absolute Gasteiger partial charge is 0.308 e. The molecule has 0 saturated carbocycles. The van der Waals surface area contributed by atoms with E-state index >= 15 is 0 Å². The van der Waals surface area contributed by atoms with Gasteiger partial charge in [-0.05, 0) is 53.1 Å². The third kappa shape index (κ3) is 4.19. The molecule has 1 amide bonds. The summed E-state index contributed by atoms with van der Waals surface area (Å²) in [4.78, 5) is 14.5. The van der Waals surface area contributed by atoms with E-state index < -0.39 is 30.8 Å². The fourth-order valence-electron chi connectivity index (χ4n) is 3.41. The molecule has 0 N–H and O–H groups in total. The maximum atomic E-state index is 14.5. The lowest BCUT2D eigenvalue weighted by Crippen LogP contribution is -2.33. The van der Waals surface area contributed by atoms with Gasteiger partial charge in [0, 0.05) is 22.0 Å². The monoisotopic (exact) mass is 483 g/mol. The second kappa shape index (κ2) is 8.81. The maximum Gasteiger partial charge on any atom is 0.347 e. The van der Waals surface area contributed by atoms with Gasteiger partial charge in [0.15, 0.2) is 5.66 Å². The van der Waals surface area contributed by atoms with Crippen molar-refractivity contribution < 1.29 is 27.2 Å². The number of thiophene rings is 1. The molecule has 1 unspecified atom stereocenters. The first-order valence-electron chi connectivity index (χ1n) is 9.30. The van der Waals surface area contributed by atoms with E-state index in [-0.39, 0.29) is 18.9 Å². The molecule has 5 nitrogen and oxygen atoms in total. The molecule has 1 fully saturated rings. The number of anilines is 1. The van der Waals surface area contributed by atoms with Crippen molar-refractivity contribution in [3.05, 3.63) is 76.8 Å². The summed E-state index contributed by atoms with van der Waals surface area (Å²) in [6, 6.07) is 7.84. The Morgan fingerprint density at radius 1 is 1.23 bits per heavy atom. The summed E-state index contributed by atoms with van der Waals surface area (Å²) in [5, 5.41) is 2.71. The fraction of sp³-hybridized carbons (Fsp3) is 0.190. The molecule has 2 aromatic carbocycles. The Hall–Kier alpha value is -2.09. The van der Waals surface area contributed by atoms with Crippen LogP contribution in [0.25, 0.3) is 10.1 Å². The van der Waals surface area contributed by atoms with Crippen LogP contribution in [0.2, 0.25) is 5.02 Å². The lowest BCUT2D eigenvalue weighted by molar-refractivity contribution is -0.118. The first kappa shape index (κ1) is 22.1. The van der Waals surface area contributed by atoms with Crippen LogP contribution in [0.1, 0.15) is 17.6 Å². The number of carbonyl (C=O) groups is 1. The average molecular weight is 484 g/mol. The molecule has 0 aliphatic carbocycles. The zero-order chi connectivity index (χ0) is 22.2. The van der Waals surface area contributed by atoms with E-state index in [9.17, 15) is 18.1 Å². The summed E-state index contributed by atoms with van der Waals surface area (Å²) in [6.07, 6.45) is 1.57. The molecule has 2 heterocycles. The molecule has 4 rings (SSSR count). The molecule has 1 atom stereocenters. The number of hydrogen-bond donors (Lipinski definition) is 0. The van der Waals surface area contributed by atoms with Crippen molar-refractivity contribution in [1.82, 2.24) is 0 Å². The zero-order valence-electron chi connectivity index (χ0n) is 16.1. The van der Waals surface area contributed by atoms with Crippen LogP contribution >= 0.6 is 30.5 Å². The SMILES string of the molecule is C=CN(C(=O)C(c1csc2ccc(Cl)cc12)P1(=O)OCCCO1)c1cc(F)ccc1F. The summed E-state index contributed by atoms with van der Waals surface area (Å²) >= 11 is 7.48. The number of hydrogen-bond acceptors (Lipinski definition) is 5. The van der Waals surface area contributed by atoms with Crippen molar-refractivity contribution in [2.24, 2.45) is 0 Å². The highest BCUT2D eigenvalue weighted by Crippen LogP contribution is 2.64. The van der Waals surface area contributed by atoms with Gasteiger partial charge in [-0.25, -0.2) is 8.78 Å². The van der Waals surface area contributed by atoms with Gasteiger partial charge in [0.2, 0.25) is 0 Å². The summed E-state index contributed by atoms with van der Waals surface area (Å²) in [5.74, 6) is -2.39. The van der Waals surface area contributed by atoms with Crippen LogP contribution in [0, 0.1) is 11.6 Å². The van der Waals surface area contributed by atoms with Gasteiger partial charge in [-0.1, -0.05) is 18.2 Å². The summed E-state index contributed by atoms with van der Waals surface area (Å²) in [7, 11) is -3.99. The largest absolute Gasteiger partial charge is 0.347 e. The van der Waals surface area contributed by atoms with Gasteiger partial charge in [-0.2, -0.15) is 0 Å². The minimum absolute atomic E-state index is 0.145. The van der Waals surface area contributed by atoms with Gasteiger partial charge in [-0.15, -0.1) is 11.3 Å². The third-order valence-corrected chi connectivity index (χ3v) is 8.26. The van der Waals surface area contributed by atoms with E-state index in [1.165, 1.54) is 11.3 Å². The van der Waals surface area contributed by atoms with Crippen LogP contribution in [-0.2, 0) is 18.4 Å². The molecule has 10 heteroatoms. The van der Waals surface area contributed by atoms with Crippen molar-refractivity contribution in [1.29, 1.82) is 0 Å². The van der Waals surface area contributed by atoms with E-state index in [4.69, 9.17) is 20.6 Å². The number of amides is 1. The number of halogens is 3. The van der Waals surface area contributed by atoms with Gasteiger partial charge in [0.05, 0.1) is 18.9 Å². The summed E-state index contributed by atoms with van der Waals surface area (Å²) < 4.78 is 53.7. The molecule has 1 aromatic heterocycles. The van der Waals surface area contributed by atoms with Gasteiger partial charge < -0.3 is 9.05 Å². The quantitative estimate of drug-likeness (QED) is 0.380. The molecule has 0 bridgehead atoms. The molecule has 0 spiro atoms. The molecule has 1 aliphatic heterocycles. The van der Waals surface area contributed by atoms with Crippen molar-refractivity contribution in [3.8, 4) is 0 Å². The van der Waals surface area contributed by atoms with Crippen molar-refractivity contribution in [3.63, 3.8) is 0 Å². The predicted octanol–water partition coefficient (Wildman–Crippen LogP) is 6.68. The zero-order valence-corrected chi connectivity index (χ0v) is 18.6. The third-order valence-electron chi connectivity index (χ3n) is 4.83. The van der Waals surface area contributed by atoms with Crippen LogP contribution in [0.15, 0.2) is 54.6 Å². The van der Waals surface area contributed by atoms with E-state index in [1.54, 1.807) is 23.6 Å². The molecule has 3 aromatic rings. The van der Waals surface area contributed by atoms with Gasteiger partial charge >= 0.3 is 7.60 Å². The molecular weight excluding hydrogens is 467 g/mol. The van der Waals surface area contributed by atoms with Gasteiger partial charge in [0.1, 0.15) is 11.6 Å². The van der Waals surface area contributed by atoms with Crippen molar-refractivity contribution >= 4 is 52.2 Å². The number of benzene rings is 2. The lowest BCUT2D eigenvalue weighted by Gasteiger charge is -2.32. The number of carbonyl (C=O) groups excluding carboxylic acids is 1. The highest BCUT2D eigenvalue weighted by Gasteiger charge is 2.47. The van der Waals surface area contributed by atoms with Crippen LogP contribution in [0.5, 0.6) is 0 Å². The van der Waals surface area contributed by atoms with Gasteiger partial charge in [0.25, 0.3) is 5.91 Å². The second-order valence-corrected chi connectivity index (χ2v) is 10.2. The molecule has 1 saturated heterocycles. The Bertz CT molecular complexity index is 1210. The molecule has 31 heavy (non-hydrogen) atoms. The Morgan fingerprint density at radius 3 is 2.68 bits per heavy atom. The first-order chi connectivity index (χ1) is 14.8. The summed E-state index contributed by atoms with van der Waals surface area (Å²) in [5.41, 5.74) is -1.40. The van der Waals surface area contributed by atoms with Crippen LogP contribution in [0.4, 0.5) is 14.5 Å². The average Bonchev–Trinajstić information content (AvgIpc) is 3.14. The van der Waals surface area contributed by atoms with Crippen molar-refractivity contribution in [2.45, 2.75) is 12.1 Å².